The Hall–Kier alpha value is 0.0900. The lowest BCUT2D eigenvalue weighted by Crippen LogP contribution is -2.53. The van der Waals surface area contributed by atoms with Gasteiger partial charge in [-0.05, 0) is 0 Å². The molecule has 5 nitrogen and oxygen atoms in total. The molecule has 5 atom stereocenters. The number of nitrogens with two attached hydrogens (primary N) is 1. The Morgan fingerprint density at radius 3 is 2.67 bits per heavy atom. The molecule has 1 saturated heterocycles. The van der Waals surface area contributed by atoms with Crippen molar-refractivity contribution in [2.45, 2.75) is 30.9 Å². The van der Waals surface area contributed by atoms with Crippen LogP contribution in [0.4, 0.5) is 0 Å². The monoisotopic (exact) mass is 200 g/mol. The van der Waals surface area contributed by atoms with Crippen LogP contribution in [0.15, 0.2) is 0 Å². The maximum atomic E-state index is 9.25. The third kappa shape index (κ3) is 2.55. The minimum atomic E-state index is -1.31. The molecule has 0 radical (unpaired) electrons. The standard InChI is InChI=1S/C6H13NO4.ClH/c7-5-4(9)1-3(2-8)11-6(5)10;/h3-6,8-10H,1-2,7H2;1H/t3-,4-,5+,6?;/m0./s1/i1D;/t1-,3+,4+,5-,6?;/m1.. The van der Waals surface area contributed by atoms with Crippen LogP contribution < -0.4 is 5.73 Å². The van der Waals surface area contributed by atoms with Crippen LogP contribution in [0.2, 0.25) is 0 Å². The van der Waals surface area contributed by atoms with Crippen molar-refractivity contribution in [1.82, 2.24) is 0 Å². The third-order valence-electron chi connectivity index (χ3n) is 1.63. The highest BCUT2D eigenvalue weighted by molar-refractivity contribution is 5.85. The van der Waals surface area contributed by atoms with Crippen molar-refractivity contribution in [3.63, 3.8) is 0 Å². The average molecular weight is 201 g/mol. The molecule has 0 spiro atoms. The highest BCUT2D eigenvalue weighted by Gasteiger charge is 2.33. The molecule has 1 aliphatic rings. The molecule has 6 heteroatoms. The van der Waals surface area contributed by atoms with Gasteiger partial charge in [0.15, 0.2) is 6.29 Å². The van der Waals surface area contributed by atoms with E-state index >= 15 is 0 Å². The molecule has 0 aromatic carbocycles. The largest absolute Gasteiger partial charge is 0.394 e. The summed E-state index contributed by atoms with van der Waals surface area (Å²) in [5.74, 6) is 0. The fraction of sp³-hybridized carbons (Fsp3) is 1.00. The van der Waals surface area contributed by atoms with Crippen molar-refractivity contribution in [1.29, 1.82) is 0 Å². The van der Waals surface area contributed by atoms with Gasteiger partial charge in [0, 0.05) is 7.77 Å². The van der Waals surface area contributed by atoms with Crippen LogP contribution in [-0.2, 0) is 4.74 Å². The van der Waals surface area contributed by atoms with Gasteiger partial charge in [0.2, 0.25) is 0 Å². The Morgan fingerprint density at radius 2 is 2.17 bits per heavy atom. The summed E-state index contributed by atoms with van der Waals surface area (Å²) in [5, 5.41) is 27.0. The number of rotatable bonds is 1. The van der Waals surface area contributed by atoms with Crippen LogP contribution >= 0.6 is 12.4 Å². The van der Waals surface area contributed by atoms with E-state index in [9.17, 15) is 5.11 Å². The molecule has 5 N–H and O–H groups in total. The first-order valence-electron chi connectivity index (χ1n) is 3.96. The van der Waals surface area contributed by atoms with E-state index in [1.54, 1.807) is 0 Å². The van der Waals surface area contributed by atoms with Crippen LogP contribution in [0.5, 0.6) is 0 Å². The summed E-state index contributed by atoms with van der Waals surface area (Å²) < 4.78 is 12.1. The van der Waals surface area contributed by atoms with E-state index in [-0.39, 0.29) is 12.4 Å². The van der Waals surface area contributed by atoms with Crippen LogP contribution in [0, 0.1) is 0 Å². The lowest BCUT2D eigenvalue weighted by atomic mass is 10.0. The van der Waals surface area contributed by atoms with E-state index in [0.717, 1.165) is 0 Å². The zero-order valence-corrected chi connectivity index (χ0v) is 7.15. The molecule has 0 aromatic heterocycles. The zero-order chi connectivity index (χ0) is 9.30. The first kappa shape index (κ1) is 10.2. The first-order valence-corrected chi connectivity index (χ1v) is 3.38. The van der Waals surface area contributed by atoms with Crippen LogP contribution in [0.25, 0.3) is 0 Å². The Balaban J connectivity index is 0.00000144. The first-order chi connectivity index (χ1) is 5.57. The highest BCUT2D eigenvalue weighted by atomic mass is 35.5. The molecule has 0 amide bonds. The van der Waals surface area contributed by atoms with Gasteiger partial charge in [0.05, 0.1) is 24.9 Å². The number of hydrogen-bond donors (Lipinski definition) is 4. The minimum Gasteiger partial charge on any atom is -0.394 e. The van der Waals surface area contributed by atoms with Gasteiger partial charge >= 0.3 is 0 Å². The van der Waals surface area contributed by atoms with Crippen LogP contribution in [0.3, 0.4) is 0 Å². The second kappa shape index (κ2) is 4.96. The second-order valence-corrected chi connectivity index (χ2v) is 2.51. The maximum Gasteiger partial charge on any atom is 0.172 e. The van der Waals surface area contributed by atoms with E-state index in [2.05, 4.69) is 0 Å². The predicted molar refractivity (Wildman–Crippen MR) is 43.8 cm³/mol. The second-order valence-electron chi connectivity index (χ2n) is 2.51. The predicted octanol–water partition coefficient (Wildman–Crippen LogP) is -1.80. The molecule has 0 aromatic rings. The van der Waals surface area contributed by atoms with E-state index in [4.69, 9.17) is 22.1 Å². The molecule has 0 aliphatic carbocycles. The molecule has 1 fully saturated rings. The average Bonchev–Trinajstić information content (AvgIpc) is 2.08. The van der Waals surface area contributed by atoms with Crippen molar-refractivity contribution in [3.05, 3.63) is 0 Å². The summed E-state index contributed by atoms with van der Waals surface area (Å²) in [7, 11) is 0. The quantitative estimate of drug-likeness (QED) is 0.401. The van der Waals surface area contributed by atoms with E-state index in [1.165, 1.54) is 0 Å². The van der Waals surface area contributed by atoms with Gasteiger partial charge in [0.1, 0.15) is 0 Å². The van der Waals surface area contributed by atoms with Crippen molar-refractivity contribution in [3.8, 4) is 0 Å². The van der Waals surface area contributed by atoms with E-state index in [0.29, 0.717) is 0 Å². The van der Waals surface area contributed by atoms with Gasteiger partial charge in [-0.2, -0.15) is 0 Å². The number of halogens is 1. The van der Waals surface area contributed by atoms with Crippen molar-refractivity contribution in [2.75, 3.05) is 6.61 Å². The summed E-state index contributed by atoms with van der Waals surface area (Å²) in [4.78, 5) is 0. The molecular formula is C6H14ClNO4. The van der Waals surface area contributed by atoms with E-state index in [1.807, 2.05) is 0 Å². The minimum absolute atomic E-state index is 0. The maximum absolute atomic E-state index is 9.25. The van der Waals surface area contributed by atoms with Crippen molar-refractivity contribution < 1.29 is 21.4 Å². The lowest BCUT2D eigenvalue weighted by Gasteiger charge is -2.34. The SMILES string of the molecule is Cl.[2H][C@H]1[C@H](O)[C@@H](N)C(O)O[C@@H]1CO. The zero-order valence-electron chi connectivity index (χ0n) is 7.33. The summed E-state index contributed by atoms with van der Waals surface area (Å²) >= 11 is 0. The van der Waals surface area contributed by atoms with Crippen LogP contribution in [-0.4, -0.2) is 46.5 Å². The normalized spacial score (nSPS) is 49.3. The van der Waals surface area contributed by atoms with Gasteiger partial charge in [-0.3, -0.25) is 0 Å². The Labute approximate surface area is 78.0 Å². The Kier molecular flexibility index (Phi) is 4.20. The number of aliphatic hydroxyl groups excluding tert-OH is 3. The van der Waals surface area contributed by atoms with Gasteiger partial charge in [0.25, 0.3) is 0 Å². The van der Waals surface area contributed by atoms with E-state index < -0.39 is 37.5 Å². The molecule has 74 valence electrons. The molecule has 1 rings (SSSR count). The Morgan fingerprint density at radius 1 is 1.58 bits per heavy atom. The van der Waals surface area contributed by atoms with Gasteiger partial charge in [-0.15, -0.1) is 12.4 Å². The molecule has 1 heterocycles. The summed E-state index contributed by atoms with van der Waals surface area (Å²) in [6.07, 6.45) is -4.34. The number of hydrogen-bond acceptors (Lipinski definition) is 5. The fourth-order valence-corrected chi connectivity index (χ4v) is 0.936. The molecule has 1 unspecified atom stereocenters. The topological polar surface area (TPSA) is 95.9 Å². The molecule has 0 bridgehead atoms. The smallest absolute Gasteiger partial charge is 0.172 e. The Bertz CT molecular complexity index is 159. The van der Waals surface area contributed by atoms with Crippen LogP contribution in [0.1, 0.15) is 7.77 Å². The van der Waals surface area contributed by atoms with Gasteiger partial charge in [-0.25, -0.2) is 0 Å². The highest BCUT2D eigenvalue weighted by Crippen LogP contribution is 2.16. The fourth-order valence-electron chi connectivity index (χ4n) is 0.936. The molecule has 0 saturated carbocycles. The molecular weight excluding hydrogens is 186 g/mol. The summed E-state index contributed by atoms with van der Waals surface area (Å²) in [5.41, 5.74) is 5.30. The summed E-state index contributed by atoms with van der Waals surface area (Å²) in [6, 6.07) is -0.977. The number of aliphatic hydroxyl groups is 3. The summed E-state index contributed by atoms with van der Waals surface area (Å²) in [6.45, 7) is -0.408. The van der Waals surface area contributed by atoms with Gasteiger partial charge in [-0.1, -0.05) is 0 Å². The molecule has 12 heavy (non-hydrogen) atoms. The van der Waals surface area contributed by atoms with Crippen molar-refractivity contribution in [2.24, 2.45) is 5.73 Å². The number of ether oxygens (including phenoxy) is 1. The third-order valence-corrected chi connectivity index (χ3v) is 1.63. The molecule has 1 aliphatic heterocycles. The van der Waals surface area contributed by atoms with Crippen molar-refractivity contribution >= 4 is 12.4 Å². The van der Waals surface area contributed by atoms with Gasteiger partial charge < -0.3 is 25.8 Å². The lowest BCUT2D eigenvalue weighted by molar-refractivity contribution is -0.207.